The van der Waals surface area contributed by atoms with Gasteiger partial charge >= 0.3 is 0 Å². The SMILES string of the molecule is C/C(=N/NCc1ccc([N+](=O)[O-])cc1)c1ccc(O)cc1O. The first-order valence-corrected chi connectivity index (χ1v) is 6.50. The molecule has 0 aliphatic heterocycles. The van der Waals surface area contributed by atoms with Crippen LogP contribution >= 0.6 is 0 Å². The lowest BCUT2D eigenvalue weighted by Crippen LogP contribution is -2.09. The highest BCUT2D eigenvalue weighted by Crippen LogP contribution is 2.23. The maximum absolute atomic E-state index is 10.6. The Kier molecular flexibility index (Phi) is 4.57. The zero-order chi connectivity index (χ0) is 16.1. The summed E-state index contributed by atoms with van der Waals surface area (Å²) in [7, 11) is 0. The number of nitro groups is 1. The largest absolute Gasteiger partial charge is 0.508 e. The molecule has 0 saturated heterocycles. The third-order valence-electron chi connectivity index (χ3n) is 3.05. The Morgan fingerprint density at radius 2 is 1.91 bits per heavy atom. The van der Waals surface area contributed by atoms with Crippen LogP contribution in [0.5, 0.6) is 11.5 Å². The van der Waals surface area contributed by atoms with Crippen LogP contribution in [0.15, 0.2) is 47.6 Å². The first-order valence-electron chi connectivity index (χ1n) is 6.50. The van der Waals surface area contributed by atoms with E-state index in [1.165, 1.54) is 24.3 Å². The number of hydrazone groups is 1. The van der Waals surface area contributed by atoms with E-state index in [-0.39, 0.29) is 17.2 Å². The Labute approximate surface area is 126 Å². The molecule has 0 aliphatic carbocycles. The van der Waals surface area contributed by atoms with Crippen molar-refractivity contribution in [2.24, 2.45) is 5.10 Å². The van der Waals surface area contributed by atoms with Crippen molar-refractivity contribution in [2.75, 3.05) is 0 Å². The Hall–Kier alpha value is -3.09. The normalized spacial score (nSPS) is 11.2. The third-order valence-corrected chi connectivity index (χ3v) is 3.05. The molecular weight excluding hydrogens is 286 g/mol. The van der Waals surface area contributed by atoms with Crippen LogP contribution in [0.3, 0.4) is 0 Å². The lowest BCUT2D eigenvalue weighted by atomic mass is 10.1. The van der Waals surface area contributed by atoms with Crippen molar-refractivity contribution < 1.29 is 15.1 Å². The molecule has 0 fully saturated rings. The quantitative estimate of drug-likeness (QED) is 0.447. The van der Waals surface area contributed by atoms with Crippen molar-refractivity contribution >= 4 is 11.4 Å². The Bertz CT molecular complexity index is 711. The summed E-state index contributed by atoms with van der Waals surface area (Å²) in [5.41, 5.74) is 4.78. The van der Waals surface area contributed by atoms with Crippen LogP contribution < -0.4 is 5.43 Å². The van der Waals surface area contributed by atoms with Gasteiger partial charge in [-0.1, -0.05) is 12.1 Å². The van der Waals surface area contributed by atoms with Gasteiger partial charge in [-0.3, -0.25) is 10.1 Å². The van der Waals surface area contributed by atoms with Gasteiger partial charge in [-0.2, -0.15) is 5.10 Å². The molecule has 0 aromatic heterocycles. The fraction of sp³-hybridized carbons (Fsp3) is 0.133. The fourth-order valence-corrected chi connectivity index (χ4v) is 1.87. The second-order valence-electron chi connectivity index (χ2n) is 4.66. The summed E-state index contributed by atoms with van der Waals surface area (Å²) in [6, 6.07) is 10.4. The standard InChI is InChI=1S/C15H15N3O4/c1-10(14-7-6-13(19)8-15(14)20)17-16-9-11-2-4-12(5-3-11)18(21)22/h2-8,16,19-20H,9H2,1H3/b17-10-. The summed E-state index contributed by atoms with van der Waals surface area (Å²) in [6.45, 7) is 2.11. The van der Waals surface area contributed by atoms with Gasteiger partial charge in [-0.05, 0) is 24.6 Å². The van der Waals surface area contributed by atoms with Crippen molar-refractivity contribution in [1.82, 2.24) is 5.43 Å². The van der Waals surface area contributed by atoms with Gasteiger partial charge in [0, 0.05) is 23.8 Å². The number of non-ortho nitro benzene ring substituents is 1. The number of aromatic hydroxyl groups is 2. The van der Waals surface area contributed by atoms with Gasteiger partial charge in [-0.15, -0.1) is 0 Å². The first kappa shape index (κ1) is 15.3. The van der Waals surface area contributed by atoms with Gasteiger partial charge in [0.25, 0.3) is 5.69 Å². The molecule has 7 nitrogen and oxygen atoms in total. The molecule has 2 aromatic rings. The molecule has 0 bridgehead atoms. The van der Waals surface area contributed by atoms with Crippen LogP contribution in [-0.2, 0) is 6.54 Å². The highest BCUT2D eigenvalue weighted by atomic mass is 16.6. The molecule has 0 aliphatic rings. The molecule has 7 heteroatoms. The molecule has 3 N–H and O–H groups in total. The summed E-state index contributed by atoms with van der Waals surface area (Å²) < 4.78 is 0. The molecular formula is C15H15N3O4. The minimum absolute atomic E-state index is 0.0205. The van der Waals surface area contributed by atoms with E-state index >= 15 is 0 Å². The minimum Gasteiger partial charge on any atom is -0.508 e. The average molecular weight is 301 g/mol. The fourth-order valence-electron chi connectivity index (χ4n) is 1.87. The zero-order valence-electron chi connectivity index (χ0n) is 11.9. The van der Waals surface area contributed by atoms with Crippen molar-refractivity contribution in [3.63, 3.8) is 0 Å². The maximum atomic E-state index is 10.6. The molecule has 0 radical (unpaired) electrons. The van der Waals surface area contributed by atoms with E-state index in [2.05, 4.69) is 10.5 Å². The predicted octanol–water partition coefficient (Wildman–Crippen LogP) is 2.52. The number of hydrogen-bond acceptors (Lipinski definition) is 6. The molecule has 0 saturated carbocycles. The number of benzene rings is 2. The van der Waals surface area contributed by atoms with Crippen LogP contribution in [0.4, 0.5) is 5.69 Å². The summed E-state index contributed by atoms with van der Waals surface area (Å²) in [5.74, 6) is -0.0775. The Morgan fingerprint density at radius 3 is 2.50 bits per heavy atom. The maximum Gasteiger partial charge on any atom is 0.269 e. The number of phenolic OH excluding ortho intramolecular Hbond substituents is 2. The summed E-state index contributed by atoms with van der Waals surface area (Å²) >= 11 is 0. The average Bonchev–Trinajstić information content (AvgIpc) is 2.47. The van der Waals surface area contributed by atoms with Crippen LogP contribution in [0, 0.1) is 10.1 Å². The molecule has 22 heavy (non-hydrogen) atoms. The molecule has 0 amide bonds. The van der Waals surface area contributed by atoms with Gasteiger partial charge in [0.15, 0.2) is 0 Å². The second kappa shape index (κ2) is 6.57. The third kappa shape index (κ3) is 3.72. The molecule has 0 heterocycles. The summed E-state index contributed by atoms with van der Waals surface area (Å²) in [6.07, 6.45) is 0. The Balaban J connectivity index is 2.00. The van der Waals surface area contributed by atoms with Gasteiger partial charge in [0.2, 0.25) is 0 Å². The molecule has 0 unspecified atom stereocenters. The van der Waals surface area contributed by atoms with Crippen LogP contribution in [-0.4, -0.2) is 20.8 Å². The predicted molar refractivity (Wildman–Crippen MR) is 81.9 cm³/mol. The number of hydrogen-bond donors (Lipinski definition) is 3. The van der Waals surface area contributed by atoms with E-state index < -0.39 is 4.92 Å². The lowest BCUT2D eigenvalue weighted by Gasteiger charge is -2.06. The van der Waals surface area contributed by atoms with E-state index in [9.17, 15) is 20.3 Å². The Morgan fingerprint density at radius 1 is 1.23 bits per heavy atom. The number of nitrogens with zero attached hydrogens (tertiary/aromatic N) is 2. The molecule has 114 valence electrons. The van der Waals surface area contributed by atoms with Crippen molar-refractivity contribution in [3.05, 3.63) is 63.7 Å². The molecule has 0 atom stereocenters. The van der Waals surface area contributed by atoms with Gasteiger partial charge < -0.3 is 15.6 Å². The molecule has 0 spiro atoms. The van der Waals surface area contributed by atoms with Crippen molar-refractivity contribution in [3.8, 4) is 11.5 Å². The smallest absolute Gasteiger partial charge is 0.269 e. The van der Waals surface area contributed by atoms with Crippen molar-refractivity contribution in [2.45, 2.75) is 13.5 Å². The highest BCUT2D eigenvalue weighted by molar-refractivity contribution is 6.01. The monoisotopic (exact) mass is 301 g/mol. The first-order chi connectivity index (χ1) is 10.5. The summed E-state index contributed by atoms with van der Waals surface area (Å²) in [4.78, 5) is 10.1. The van der Waals surface area contributed by atoms with Crippen molar-refractivity contribution in [1.29, 1.82) is 0 Å². The van der Waals surface area contributed by atoms with Gasteiger partial charge in [-0.25, -0.2) is 0 Å². The molecule has 2 aromatic carbocycles. The highest BCUT2D eigenvalue weighted by Gasteiger charge is 2.06. The van der Waals surface area contributed by atoms with E-state index in [0.717, 1.165) is 5.56 Å². The number of phenols is 2. The van der Waals surface area contributed by atoms with Gasteiger partial charge in [0.1, 0.15) is 11.5 Å². The zero-order valence-corrected chi connectivity index (χ0v) is 11.9. The van der Waals surface area contributed by atoms with E-state index in [1.807, 2.05) is 0 Å². The lowest BCUT2D eigenvalue weighted by molar-refractivity contribution is -0.384. The topological polar surface area (TPSA) is 108 Å². The number of nitro benzene ring substituents is 1. The van der Waals surface area contributed by atoms with Crippen LogP contribution in [0.25, 0.3) is 0 Å². The van der Waals surface area contributed by atoms with E-state index in [4.69, 9.17) is 0 Å². The van der Waals surface area contributed by atoms with E-state index in [1.54, 1.807) is 25.1 Å². The molecule has 2 rings (SSSR count). The van der Waals surface area contributed by atoms with Gasteiger partial charge in [0.05, 0.1) is 17.2 Å². The second-order valence-corrected chi connectivity index (χ2v) is 4.66. The number of rotatable bonds is 5. The summed E-state index contributed by atoms with van der Waals surface area (Å²) in [5, 5.41) is 33.7. The van der Waals surface area contributed by atoms with E-state index in [0.29, 0.717) is 17.8 Å². The number of nitrogens with one attached hydrogen (secondary N) is 1. The minimum atomic E-state index is -0.451. The van der Waals surface area contributed by atoms with Crippen LogP contribution in [0.2, 0.25) is 0 Å². The van der Waals surface area contributed by atoms with Crippen LogP contribution in [0.1, 0.15) is 18.1 Å².